The molecule has 2 atom stereocenters. The maximum atomic E-state index is 13.3. The van der Waals surface area contributed by atoms with Gasteiger partial charge in [0.25, 0.3) is 11.8 Å². The molecule has 2 N–H and O–H groups in total. The normalized spacial score (nSPS) is 13.6. The number of nitrogens with zero attached hydrogens (tertiary/aromatic N) is 6. The van der Waals surface area contributed by atoms with Gasteiger partial charge in [-0.15, -0.1) is 0 Å². The molecule has 0 aliphatic carbocycles. The number of nitrogens with one attached hydrogen (secondary N) is 2. The number of unbranched alkanes of at least 4 members (excludes halogenated alkanes) is 18. The van der Waals surface area contributed by atoms with Crippen molar-refractivity contribution >= 4 is 51.9 Å². The summed E-state index contributed by atoms with van der Waals surface area (Å²) in [6.45, 7) is 16.0. The molecule has 0 radical (unpaired) electrons. The van der Waals surface area contributed by atoms with E-state index in [0.29, 0.717) is 0 Å². The van der Waals surface area contributed by atoms with E-state index in [9.17, 15) is 95.9 Å². The van der Waals surface area contributed by atoms with Gasteiger partial charge in [-0.3, -0.25) is 9.59 Å². The fourth-order valence-corrected chi connectivity index (χ4v) is 11.9. The van der Waals surface area contributed by atoms with Gasteiger partial charge >= 0.3 is 22.0 Å². The highest BCUT2D eigenvalue weighted by Gasteiger charge is 2.48. The number of carbonyl (C=O) groups excluding carboxylic acids is 2. The zero-order chi connectivity index (χ0) is 65.8. The first kappa shape index (κ1) is 79.5. The zero-order valence-corrected chi connectivity index (χ0v) is 52.3. The quantitative estimate of drug-likeness (QED) is 0.0317. The molecule has 0 aliphatic heterocycles. The Labute approximate surface area is 497 Å². The molecule has 3 rings (SSSR count). The van der Waals surface area contributed by atoms with Crippen LogP contribution in [0.2, 0.25) is 0 Å². The number of amides is 2. The van der Waals surface area contributed by atoms with Gasteiger partial charge in [-0.1, -0.05) is 175 Å². The van der Waals surface area contributed by atoms with Crippen molar-refractivity contribution in [1.29, 1.82) is 0 Å². The Bertz CT molecular complexity index is 2660. The second kappa shape index (κ2) is 36.8. The number of aromatic nitrogens is 4. The maximum Gasteiger partial charge on any atom is 0.480 e. The summed E-state index contributed by atoms with van der Waals surface area (Å²) in [5, 5.41) is 6.45. The summed E-state index contributed by atoms with van der Waals surface area (Å²) >= 11 is 0. The summed E-state index contributed by atoms with van der Waals surface area (Å²) in [6.07, 6.45) is 38.2. The zero-order valence-electron chi connectivity index (χ0n) is 49.0. The third kappa shape index (κ3) is 29.2. The summed E-state index contributed by atoms with van der Waals surface area (Å²) in [5.41, 5.74) is -22.4. The fraction of sp³-hybridized carbons (Fsp3) is 0.731. The summed E-state index contributed by atoms with van der Waals surface area (Å²) < 4.78 is 227. The molecule has 3 aromatic rings. The Hall–Kier alpha value is -4.54. The Kier molecular flexibility index (Phi) is 34.0. The summed E-state index contributed by atoms with van der Waals surface area (Å²) in [6, 6.07) is 8.24. The van der Waals surface area contributed by atoms with Gasteiger partial charge in [0.05, 0.1) is 0 Å². The van der Waals surface area contributed by atoms with Crippen LogP contribution < -0.4 is 19.8 Å². The van der Waals surface area contributed by atoms with Crippen molar-refractivity contribution in [2.24, 2.45) is 11.8 Å². The Morgan fingerprint density at radius 1 is 0.453 bits per heavy atom. The topological polar surface area (TPSA) is 241 Å². The molecule has 0 aliphatic rings. The van der Waals surface area contributed by atoms with E-state index >= 15 is 0 Å². The van der Waals surface area contributed by atoms with E-state index in [0.717, 1.165) is 47.3 Å². The van der Waals surface area contributed by atoms with Gasteiger partial charge in [-0.05, 0) is 30.0 Å². The molecular weight excluding hydrogens is 1250 g/mol. The number of sulfonamides is 4. The minimum absolute atomic E-state index is 0.107. The summed E-state index contributed by atoms with van der Waals surface area (Å²) in [7, 11) is -26.9. The van der Waals surface area contributed by atoms with Gasteiger partial charge in [0.1, 0.15) is 37.9 Å². The van der Waals surface area contributed by atoms with E-state index in [4.69, 9.17) is 0 Å². The molecule has 0 saturated carbocycles. The molecule has 0 saturated heterocycles. The van der Waals surface area contributed by atoms with Crippen molar-refractivity contribution in [1.82, 2.24) is 19.8 Å². The number of benzene rings is 1. The van der Waals surface area contributed by atoms with Crippen molar-refractivity contribution in [2.75, 3.05) is 13.1 Å². The van der Waals surface area contributed by atoms with Crippen LogP contribution in [0.5, 0.6) is 0 Å². The molecule has 18 nitrogen and oxygen atoms in total. The van der Waals surface area contributed by atoms with Gasteiger partial charge < -0.3 is 18.9 Å². The van der Waals surface area contributed by atoms with E-state index in [1.165, 1.54) is 127 Å². The number of rotatable bonds is 36. The van der Waals surface area contributed by atoms with E-state index in [1.807, 2.05) is 12.4 Å². The molecule has 498 valence electrons. The van der Waals surface area contributed by atoms with Crippen molar-refractivity contribution < 1.29 is 105 Å². The van der Waals surface area contributed by atoms with E-state index < -0.39 is 62.1 Å². The van der Waals surface area contributed by atoms with Crippen LogP contribution in [0.25, 0.3) is 8.25 Å². The average Bonchev–Trinajstić information content (AvgIpc) is 1.29. The number of hydrogen-bond acceptors (Lipinski definition) is 10. The predicted octanol–water partition coefficient (Wildman–Crippen LogP) is 12.5. The first-order valence-electron chi connectivity index (χ1n) is 28.1. The van der Waals surface area contributed by atoms with Crippen molar-refractivity contribution in [2.45, 2.75) is 217 Å². The van der Waals surface area contributed by atoms with Gasteiger partial charge in [0.2, 0.25) is 12.7 Å². The third-order valence-corrected chi connectivity index (χ3v) is 18.3. The highest BCUT2D eigenvalue weighted by molar-refractivity contribution is 8.13. The van der Waals surface area contributed by atoms with E-state index in [2.05, 4.69) is 120 Å². The summed E-state index contributed by atoms with van der Waals surface area (Å²) in [4.78, 5) is 26.6. The van der Waals surface area contributed by atoms with Crippen molar-refractivity contribution in [3.8, 4) is 0 Å². The molecule has 2 aromatic heterocycles. The van der Waals surface area contributed by atoms with Gasteiger partial charge in [-0.2, -0.15) is 52.7 Å². The van der Waals surface area contributed by atoms with Gasteiger partial charge in [0, 0.05) is 24.9 Å². The van der Waals surface area contributed by atoms with E-state index in [-0.39, 0.29) is 35.7 Å². The lowest BCUT2D eigenvalue weighted by Crippen LogP contribution is -2.37. The number of carbonyl (C=O) groups is 2. The van der Waals surface area contributed by atoms with Crippen LogP contribution in [0.15, 0.2) is 61.7 Å². The smallest absolute Gasteiger partial charge is 0.421 e. The Balaban J connectivity index is 0.00000100. The second-order valence-electron chi connectivity index (χ2n) is 21.0. The van der Waals surface area contributed by atoms with Gasteiger partial charge in [0.15, 0.2) is 52.2 Å². The molecule has 34 heteroatoms. The van der Waals surface area contributed by atoms with Crippen LogP contribution in [0, 0.1) is 11.8 Å². The van der Waals surface area contributed by atoms with Crippen LogP contribution in [0.4, 0.5) is 52.7 Å². The minimum atomic E-state index is -6.72. The highest BCUT2D eigenvalue weighted by Crippen LogP contribution is 2.37. The predicted molar refractivity (Wildman–Crippen MR) is 298 cm³/mol. The number of halogens is 12. The van der Waals surface area contributed by atoms with Crippen LogP contribution in [-0.4, -0.2) is 89.7 Å². The highest BCUT2D eigenvalue weighted by atomic mass is 32.3. The average molecular weight is 1340 g/mol. The monoisotopic (exact) mass is 1330 g/mol. The molecule has 2 amide bonds. The van der Waals surface area contributed by atoms with Crippen LogP contribution >= 0.6 is 0 Å². The number of imidazole rings is 2. The second-order valence-corrected chi connectivity index (χ2v) is 27.9. The number of alkyl halides is 12. The number of hydrogen-bond donors (Lipinski definition) is 2. The maximum absolute atomic E-state index is 13.3. The van der Waals surface area contributed by atoms with Crippen molar-refractivity contribution in [3.05, 3.63) is 81.1 Å². The first-order chi connectivity index (χ1) is 39.6. The largest absolute Gasteiger partial charge is 0.480 e. The third-order valence-electron chi connectivity index (χ3n) is 12.8. The van der Waals surface area contributed by atoms with E-state index in [1.54, 1.807) is 0 Å². The fourth-order valence-electron chi connectivity index (χ4n) is 8.44. The molecular formula is C52H82F12N8O10S4. The molecule has 0 spiro atoms. The van der Waals surface area contributed by atoms with Crippen molar-refractivity contribution in [3.63, 3.8) is 0 Å². The molecule has 0 fully saturated rings. The van der Waals surface area contributed by atoms with Crippen LogP contribution in [-0.2, 0) is 62.8 Å². The SMILES string of the molecule is CCCCCCCCCCCCNC(=O)[C@@H](C(C)C)n1cc[n+](Cc2cccc(C[n+]3ccn([C@@H](C(=O)NCCCCCCCCCCCC)C(C)C)c3)c2)c1.O=S(=O)([N-]S(=O)(=O)C(F)(F)F)C(F)(F)F.O=S(=O)([N-]S(=O)(=O)C(F)(F)F)C(F)(F)F. The minimum Gasteiger partial charge on any atom is -0.421 e. The van der Waals surface area contributed by atoms with Crippen LogP contribution in [0.3, 0.4) is 0 Å². The lowest BCUT2D eigenvalue weighted by molar-refractivity contribution is -0.689. The van der Waals surface area contributed by atoms with Gasteiger partial charge in [-0.25, -0.2) is 51.9 Å². The Morgan fingerprint density at radius 3 is 0.953 bits per heavy atom. The lowest BCUT2D eigenvalue weighted by Gasteiger charge is -2.22. The standard InChI is InChI=1S/C48H80N6O2.2C2F6NO4S2/c1-7-9-11-13-15-17-19-21-23-25-30-49-47(55)45(41(3)4)53-34-32-51(39-53)37-43-28-27-29-44(36-43)38-52-33-35-54(40-52)46(42(5)6)48(56)50-31-26-24-22-20-18-16-14-12-10-8-2;2*3-1(4,5)14(10,11)9-15(12,13)2(6,7)8/h27-29,32-36,39-42,45-46H,7-26,30-31,37-38H2,1-6H3;;/q;2*-1/p+2/t45-,46-;;/m1../s1. The molecule has 86 heavy (non-hydrogen) atoms. The molecule has 1 aromatic carbocycles. The lowest BCUT2D eigenvalue weighted by atomic mass is 10.0. The Morgan fingerprint density at radius 2 is 0.709 bits per heavy atom. The molecule has 0 bridgehead atoms. The molecule has 2 heterocycles. The summed E-state index contributed by atoms with van der Waals surface area (Å²) in [5.74, 6) is 0.580. The van der Waals surface area contributed by atoms with Crippen LogP contribution in [0.1, 0.15) is 193 Å². The molecule has 0 unspecified atom stereocenters. The first-order valence-corrected chi connectivity index (χ1v) is 33.9.